The molecule has 2 aromatic carbocycles. The van der Waals surface area contributed by atoms with E-state index in [1.165, 1.54) is 0 Å². The Morgan fingerprint density at radius 2 is 1.68 bits per heavy atom. The highest BCUT2D eigenvalue weighted by Crippen LogP contribution is 2.13. The lowest BCUT2D eigenvalue weighted by atomic mass is 10.1. The summed E-state index contributed by atoms with van der Waals surface area (Å²) in [5.74, 6) is -0.358. The average molecular weight is 404 g/mol. The van der Waals surface area contributed by atoms with E-state index in [4.69, 9.17) is 4.74 Å². The molecule has 132 valence electrons. The molecule has 2 aromatic rings. The molecule has 0 saturated carbocycles. The van der Waals surface area contributed by atoms with Crippen molar-refractivity contribution in [3.63, 3.8) is 0 Å². The molecule has 0 aliphatic carbocycles. The second-order valence-corrected chi connectivity index (χ2v) is 6.51. The summed E-state index contributed by atoms with van der Waals surface area (Å²) in [5.41, 5.74) is 1.77. The Kier molecular flexibility index (Phi) is 7.67. The number of benzene rings is 2. The van der Waals surface area contributed by atoms with Crippen molar-refractivity contribution in [2.75, 3.05) is 19.7 Å². The van der Waals surface area contributed by atoms with Gasteiger partial charge in [0.1, 0.15) is 0 Å². The first-order valence-corrected chi connectivity index (χ1v) is 9.14. The predicted octanol–water partition coefficient (Wildman–Crippen LogP) is 4.09. The Balaban J connectivity index is 2.05. The highest BCUT2D eigenvalue weighted by molar-refractivity contribution is 9.10. The first-order chi connectivity index (χ1) is 12.1. The molecule has 0 spiro atoms. The van der Waals surface area contributed by atoms with E-state index in [1.54, 1.807) is 24.0 Å². The minimum atomic E-state index is -0.282. The standard InChI is InChI=1S/C20H22BrNO3/c1-2-25-19(23)13-15-22(14-12-16-6-4-3-5-7-16)20(24)17-8-10-18(21)11-9-17/h3-11H,2,12-15H2,1H3. The molecular weight excluding hydrogens is 382 g/mol. The summed E-state index contributed by atoms with van der Waals surface area (Å²) in [6, 6.07) is 17.3. The van der Waals surface area contributed by atoms with E-state index in [2.05, 4.69) is 15.9 Å². The molecule has 0 heterocycles. The van der Waals surface area contributed by atoms with E-state index in [9.17, 15) is 9.59 Å². The highest BCUT2D eigenvalue weighted by atomic mass is 79.9. The maximum Gasteiger partial charge on any atom is 0.307 e. The van der Waals surface area contributed by atoms with Gasteiger partial charge in [-0.1, -0.05) is 46.3 Å². The number of hydrogen-bond donors (Lipinski definition) is 0. The molecule has 0 aliphatic heterocycles. The fourth-order valence-corrected chi connectivity index (χ4v) is 2.72. The van der Waals surface area contributed by atoms with Crippen LogP contribution in [-0.4, -0.2) is 36.5 Å². The van der Waals surface area contributed by atoms with Gasteiger partial charge in [0, 0.05) is 23.1 Å². The zero-order chi connectivity index (χ0) is 18.1. The lowest BCUT2D eigenvalue weighted by Gasteiger charge is -2.22. The number of rotatable bonds is 8. The van der Waals surface area contributed by atoms with Crippen LogP contribution in [0.3, 0.4) is 0 Å². The van der Waals surface area contributed by atoms with Crippen LogP contribution in [-0.2, 0) is 16.0 Å². The normalized spacial score (nSPS) is 10.3. The molecule has 0 saturated heterocycles. The number of carbonyl (C=O) groups excluding carboxylic acids is 2. The second kappa shape index (κ2) is 9.99. The van der Waals surface area contributed by atoms with Gasteiger partial charge < -0.3 is 9.64 Å². The first-order valence-electron chi connectivity index (χ1n) is 8.34. The molecule has 0 bridgehead atoms. The summed E-state index contributed by atoms with van der Waals surface area (Å²) in [6.07, 6.45) is 0.941. The molecular formula is C20H22BrNO3. The summed E-state index contributed by atoms with van der Waals surface area (Å²) < 4.78 is 5.90. The van der Waals surface area contributed by atoms with Crippen molar-refractivity contribution < 1.29 is 14.3 Å². The molecule has 4 nitrogen and oxygen atoms in total. The van der Waals surface area contributed by atoms with Gasteiger partial charge in [-0.2, -0.15) is 0 Å². The van der Waals surface area contributed by atoms with Gasteiger partial charge in [0.15, 0.2) is 0 Å². The van der Waals surface area contributed by atoms with Gasteiger partial charge in [-0.25, -0.2) is 0 Å². The fourth-order valence-electron chi connectivity index (χ4n) is 2.46. The molecule has 0 fully saturated rings. The van der Waals surface area contributed by atoms with Crippen LogP contribution in [0.2, 0.25) is 0 Å². The molecule has 2 rings (SSSR count). The van der Waals surface area contributed by atoms with Crippen molar-refractivity contribution in [1.82, 2.24) is 4.90 Å². The quantitative estimate of drug-likeness (QED) is 0.623. The van der Waals surface area contributed by atoms with Crippen LogP contribution in [0, 0.1) is 0 Å². The van der Waals surface area contributed by atoms with E-state index < -0.39 is 0 Å². The number of esters is 1. The Hall–Kier alpha value is -2.14. The van der Waals surface area contributed by atoms with Crippen molar-refractivity contribution >= 4 is 27.8 Å². The average Bonchev–Trinajstić information content (AvgIpc) is 2.63. The molecule has 1 amide bonds. The third-order valence-electron chi connectivity index (χ3n) is 3.78. The number of nitrogens with zero attached hydrogens (tertiary/aromatic N) is 1. The van der Waals surface area contributed by atoms with Crippen LogP contribution >= 0.6 is 15.9 Å². The van der Waals surface area contributed by atoms with Gasteiger partial charge in [-0.15, -0.1) is 0 Å². The van der Waals surface area contributed by atoms with Crippen LogP contribution in [0.5, 0.6) is 0 Å². The maximum atomic E-state index is 12.8. The van der Waals surface area contributed by atoms with Crippen molar-refractivity contribution in [2.24, 2.45) is 0 Å². The Bertz CT molecular complexity index is 686. The third-order valence-corrected chi connectivity index (χ3v) is 4.31. The minimum Gasteiger partial charge on any atom is -0.466 e. The van der Waals surface area contributed by atoms with Gasteiger partial charge in [0.05, 0.1) is 13.0 Å². The number of hydrogen-bond acceptors (Lipinski definition) is 3. The Morgan fingerprint density at radius 1 is 1.00 bits per heavy atom. The second-order valence-electron chi connectivity index (χ2n) is 5.59. The maximum absolute atomic E-state index is 12.8. The molecule has 5 heteroatoms. The fraction of sp³-hybridized carbons (Fsp3) is 0.300. The summed E-state index contributed by atoms with van der Waals surface area (Å²) in [5, 5.41) is 0. The highest BCUT2D eigenvalue weighted by Gasteiger charge is 2.17. The third kappa shape index (κ3) is 6.35. The summed E-state index contributed by atoms with van der Waals surface area (Å²) >= 11 is 3.37. The van der Waals surface area contributed by atoms with Gasteiger partial charge in [-0.05, 0) is 43.2 Å². The smallest absolute Gasteiger partial charge is 0.307 e. The van der Waals surface area contributed by atoms with Crippen LogP contribution in [0.15, 0.2) is 59.1 Å². The predicted molar refractivity (Wildman–Crippen MR) is 101 cm³/mol. The largest absolute Gasteiger partial charge is 0.466 e. The van der Waals surface area contributed by atoms with E-state index in [0.717, 1.165) is 16.5 Å². The number of ether oxygens (including phenoxy) is 1. The number of halogens is 1. The SMILES string of the molecule is CCOC(=O)CCN(CCc1ccccc1)C(=O)c1ccc(Br)cc1. The lowest BCUT2D eigenvalue weighted by molar-refractivity contribution is -0.143. The van der Waals surface area contributed by atoms with Crippen LogP contribution in [0.4, 0.5) is 0 Å². The molecule has 0 N–H and O–H groups in total. The molecule has 0 unspecified atom stereocenters. The number of carbonyl (C=O) groups is 2. The molecule has 0 aromatic heterocycles. The molecule has 0 aliphatic rings. The van der Waals surface area contributed by atoms with Crippen LogP contribution < -0.4 is 0 Å². The van der Waals surface area contributed by atoms with Crippen LogP contribution in [0.25, 0.3) is 0 Å². The van der Waals surface area contributed by atoms with Crippen molar-refractivity contribution in [2.45, 2.75) is 19.8 Å². The zero-order valence-electron chi connectivity index (χ0n) is 14.3. The van der Waals surface area contributed by atoms with Gasteiger partial charge in [0.25, 0.3) is 5.91 Å². The van der Waals surface area contributed by atoms with Crippen molar-refractivity contribution in [3.8, 4) is 0 Å². The summed E-state index contributed by atoms with van der Waals surface area (Å²) in [7, 11) is 0. The Labute approximate surface area is 156 Å². The van der Waals surface area contributed by atoms with Gasteiger partial charge in [-0.3, -0.25) is 9.59 Å². The molecule has 25 heavy (non-hydrogen) atoms. The van der Waals surface area contributed by atoms with Crippen molar-refractivity contribution in [3.05, 3.63) is 70.2 Å². The van der Waals surface area contributed by atoms with E-state index in [-0.39, 0.29) is 18.3 Å². The van der Waals surface area contributed by atoms with E-state index >= 15 is 0 Å². The lowest BCUT2D eigenvalue weighted by Crippen LogP contribution is -2.35. The van der Waals surface area contributed by atoms with Crippen LogP contribution in [0.1, 0.15) is 29.3 Å². The summed E-state index contributed by atoms with van der Waals surface area (Å²) in [6.45, 7) is 3.03. The topological polar surface area (TPSA) is 46.6 Å². The molecule has 0 atom stereocenters. The van der Waals surface area contributed by atoms with Gasteiger partial charge in [0.2, 0.25) is 0 Å². The number of amides is 1. The monoisotopic (exact) mass is 403 g/mol. The first kappa shape index (κ1) is 19.2. The zero-order valence-corrected chi connectivity index (χ0v) is 15.9. The Morgan fingerprint density at radius 3 is 2.32 bits per heavy atom. The molecule has 0 radical (unpaired) electrons. The van der Waals surface area contributed by atoms with E-state index in [1.807, 2.05) is 42.5 Å². The van der Waals surface area contributed by atoms with Gasteiger partial charge >= 0.3 is 5.97 Å². The van der Waals surface area contributed by atoms with Crippen molar-refractivity contribution in [1.29, 1.82) is 0 Å². The summed E-state index contributed by atoms with van der Waals surface area (Å²) in [4.78, 5) is 26.2. The van der Waals surface area contributed by atoms with E-state index in [0.29, 0.717) is 25.3 Å². The minimum absolute atomic E-state index is 0.0762.